The Morgan fingerprint density at radius 3 is 3.00 bits per heavy atom. The van der Waals surface area contributed by atoms with Gasteiger partial charge in [0.2, 0.25) is 11.8 Å². The van der Waals surface area contributed by atoms with E-state index in [9.17, 15) is 9.59 Å². The van der Waals surface area contributed by atoms with Crippen LogP contribution < -0.4 is 10.6 Å². The van der Waals surface area contributed by atoms with Gasteiger partial charge >= 0.3 is 0 Å². The number of aliphatic hydroxyl groups is 1. The van der Waals surface area contributed by atoms with Gasteiger partial charge in [-0.1, -0.05) is 12.1 Å². The molecule has 0 aliphatic carbocycles. The van der Waals surface area contributed by atoms with Gasteiger partial charge in [-0.15, -0.1) is 0 Å². The van der Waals surface area contributed by atoms with Gasteiger partial charge in [-0.2, -0.15) is 0 Å². The lowest BCUT2D eigenvalue weighted by Crippen LogP contribution is -2.26. The molecule has 5 heteroatoms. The van der Waals surface area contributed by atoms with Crippen molar-refractivity contribution in [3.8, 4) is 0 Å². The predicted octanol–water partition coefficient (Wildman–Crippen LogP) is 0.612. The molecule has 0 bridgehead atoms. The van der Waals surface area contributed by atoms with Crippen molar-refractivity contribution in [1.82, 2.24) is 5.32 Å². The van der Waals surface area contributed by atoms with Crippen LogP contribution >= 0.6 is 0 Å². The maximum absolute atomic E-state index is 11.6. The molecule has 0 radical (unpaired) electrons. The van der Waals surface area contributed by atoms with Crippen molar-refractivity contribution in [3.63, 3.8) is 0 Å². The van der Waals surface area contributed by atoms with Crippen LogP contribution in [0.15, 0.2) is 18.2 Å². The van der Waals surface area contributed by atoms with E-state index in [1.807, 2.05) is 18.2 Å². The average Bonchev–Trinajstić information content (AvgIpc) is 2.39. The van der Waals surface area contributed by atoms with Crippen LogP contribution in [0, 0.1) is 0 Å². The molecule has 1 aliphatic heterocycles. The Morgan fingerprint density at radius 2 is 2.21 bits per heavy atom. The van der Waals surface area contributed by atoms with E-state index < -0.39 is 0 Å². The molecule has 3 N–H and O–H groups in total. The number of benzene rings is 1. The van der Waals surface area contributed by atoms with Crippen LogP contribution in [0.4, 0.5) is 5.69 Å². The van der Waals surface area contributed by atoms with Crippen LogP contribution in [0.2, 0.25) is 0 Å². The van der Waals surface area contributed by atoms with Crippen molar-refractivity contribution in [1.29, 1.82) is 0 Å². The van der Waals surface area contributed by atoms with E-state index in [4.69, 9.17) is 5.11 Å². The lowest BCUT2D eigenvalue weighted by molar-refractivity contribution is -0.120. The van der Waals surface area contributed by atoms with Gasteiger partial charge in [-0.25, -0.2) is 0 Å². The molecule has 1 aromatic rings. The molecule has 1 heterocycles. The minimum absolute atomic E-state index is 0.0435. The molecule has 0 unspecified atom stereocenters. The van der Waals surface area contributed by atoms with Gasteiger partial charge in [0.25, 0.3) is 0 Å². The number of amides is 2. The minimum atomic E-state index is -0.0479. The summed E-state index contributed by atoms with van der Waals surface area (Å²) in [4.78, 5) is 22.9. The smallest absolute Gasteiger partial charge is 0.224 e. The summed E-state index contributed by atoms with van der Waals surface area (Å²) in [5, 5.41) is 14.2. The number of aliphatic hydroxyl groups excluding tert-OH is 1. The van der Waals surface area contributed by atoms with Crippen LogP contribution in [-0.4, -0.2) is 30.1 Å². The molecule has 1 aromatic carbocycles. The summed E-state index contributed by atoms with van der Waals surface area (Å²) in [5.41, 5.74) is 2.87. The monoisotopic (exact) mass is 262 g/mol. The van der Waals surface area contributed by atoms with E-state index >= 15 is 0 Å². The van der Waals surface area contributed by atoms with Crippen molar-refractivity contribution < 1.29 is 14.7 Å². The average molecular weight is 262 g/mol. The van der Waals surface area contributed by atoms with E-state index in [0.717, 1.165) is 23.2 Å². The molecule has 0 atom stereocenters. The number of anilines is 1. The standard InChI is InChI=1S/C14H18N2O3/c17-7-1-6-15-14(19)9-10-2-4-12-11(8-10)3-5-13(18)16-12/h2,4,8,17H,1,3,5-7,9H2,(H,15,19)(H,16,18). The van der Waals surface area contributed by atoms with E-state index in [-0.39, 0.29) is 18.4 Å². The van der Waals surface area contributed by atoms with Crippen LogP contribution in [0.3, 0.4) is 0 Å². The van der Waals surface area contributed by atoms with E-state index in [1.54, 1.807) is 0 Å². The van der Waals surface area contributed by atoms with Crippen LogP contribution in [0.5, 0.6) is 0 Å². The first-order valence-corrected chi connectivity index (χ1v) is 6.48. The molecule has 2 rings (SSSR count). The van der Waals surface area contributed by atoms with Crippen LogP contribution in [0.1, 0.15) is 24.0 Å². The highest BCUT2D eigenvalue weighted by atomic mass is 16.3. The van der Waals surface area contributed by atoms with Crippen molar-refractivity contribution in [2.24, 2.45) is 0 Å². The Hall–Kier alpha value is -1.88. The highest BCUT2D eigenvalue weighted by Gasteiger charge is 2.15. The van der Waals surface area contributed by atoms with E-state index in [1.165, 1.54) is 0 Å². The number of nitrogens with one attached hydrogen (secondary N) is 2. The van der Waals surface area contributed by atoms with Gasteiger partial charge in [0, 0.05) is 25.3 Å². The number of rotatable bonds is 5. The van der Waals surface area contributed by atoms with Gasteiger partial charge in [0.15, 0.2) is 0 Å². The Morgan fingerprint density at radius 1 is 1.37 bits per heavy atom. The highest BCUT2D eigenvalue weighted by Crippen LogP contribution is 2.23. The molecule has 5 nitrogen and oxygen atoms in total. The molecular formula is C14H18N2O3. The van der Waals surface area contributed by atoms with E-state index in [0.29, 0.717) is 25.8 Å². The molecule has 2 amide bonds. The van der Waals surface area contributed by atoms with Crippen molar-refractivity contribution in [2.75, 3.05) is 18.5 Å². The second-order valence-electron chi connectivity index (χ2n) is 4.64. The summed E-state index contributed by atoms with van der Waals surface area (Å²) < 4.78 is 0. The quantitative estimate of drug-likeness (QED) is 0.680. The fourth-order valence-electron chi connectivity index (χ4n) is 2.10. The zero-order chi connectivity index (χ0) is 13.7. The summed E-state index contributed by atoms with van der Waals surface area (Å²) >= 11 is 0. The molecule has 0 aromatic heterocycles. The molecule has 102 valence electrons. The molecule has 1 aliphatic rings. The number of hydrogen-bond donors (Lipinski definition) is 3. The molecule has 0 fully saturated rings. The number of aryl methyl sites for hydroxylation is 1. The first kappa shape index (κ1) is 13.5. The Balaban J connectivity index is 1.95. The summed E-state index contributed by atoms with van der Waals surface area (Å²) in [7, 11) is 0. The van der Waals surface area contributed by atoms with Crippen molar-refractivity contribution in [2.45, 2.75) is 25.7 Å². The van der Waals surface area contributed by atoms with Gasteiger partial charge in [-0.3, -0.25) is 9.59 Å². The number of fused-ring (bicyclic) bond motifs is 1. The second-order valence-corrected chi connectivity index (χ2v) is 4.64. The zero-order valence-electron chi connectivity index (χ0n) is 10.7. The SMILES string of the molecule is O=C(Cc1ccc2c(c1)CCC(=O)N2)NCCCO. The Labute approximate surface area is 112 Å². The van der Waals surface area contributed by atoms with Gasteiger partial charge < -0.3 is 15.7 Å². The minimum Gasteiger partial charge on any atom is -0.396 e. The van der Waals surface area contributed by atoms with Gasteiger partial charge in [0.05, 0.1) is 6.42 Å². The third-order valence-electron chi connectivity index (χ3n) is 3.09. The zero-order valence-corrected chi connectivity index (χ0v) is 10.7. The summed E-state index contributed by atoms with van der Waals surface area (Å²) in [5.74, 6) is -0.00441. The fourth-order valence-corrected chi connectivity index (χ4v) is 2.10. The molecular weight excluding hydrogens is 244 g/mol. The topological polar surface area (TPSA) is 78.4 Å². The number of carbonyl (C=O) groups is 2. The first-order chi connectivity index (χ1) is 9.19. The summed E-state index contributed by atoms with van der Waals surface area (Å²) in [6, 6.07) is 5.68. The molecule has 0 saturated carbocycles. The first-order valence-electron chi connectivity index (χ1n) is 6.48. The summed E-state index contributed by atoms with van der Waals surface area (Å²) in [6.07, 6.45) is 2.12. The molecule has 19 heavy (non-hydrogen) atoms. The summed E-state index contributed by atoms with van der Waals surface area (Å²) in [6.45, 7) is 0.579. The van der Waals surface area contributed by atoms with Crippen molar-refractivity contribution in [3.05, 3.63) is 29.3 Å². The Kier molecular flexibility index (Phi) is 4.52. The predicted molar refractivity (Wildman–Crippen MR) is 71.8 cm³/mol. The Bertz CT molecular complexity index is 486. The highest BCUT2D eigenvalue weighted by molar-refractivity contribution is 5.94. The number of carbonyl (C=O) groups excluding carboxylic acids is 2. The third kappa shape index (κ3) is 3.79. The maximum Gasteiger partial charge on any atom is 0.224 e. The third-order valence-corrected chi connectivity index (χ3v) is 3.09. The molecule has 0 saturated heterocycles. The maximum atomic E-state index is 11.6. The lowest BCUT2D eigenvalue weighted by atomic mass is 9.99. The number of hydrogen-bond acceptors (Lipinski definition) is 3. The largest absolute Gasteiger partial charge is 0.396 e. The van der Waals surface area contributed by atoms with E-state index in [2.05, 4.69) is 10.6 Å². The van der Waals surface area contributed by atoms with Crippen LogP contribution in [-0.2, 0) is 22.4 Å². The van der Waals surface area contributed by atoms with Gasteiger partial charge in [-0.05, 0) is 30.0 Å². The van der Waals surface area contributed by atoms with Gasteiger partial charge in [0.1, 0.15) is 0 Å². The fraction of sp³-hybridized carbons (Fsp3) is 0.429. The molecule has 0 spiro atoms. The second kappa shape index (κ2) is 6.33. The normalized spacial score (nSPS) is 13.6. The van der Waals surface area contributed by atoms with Crippen LogP contribution in [0.25, 0.3) is 0 Å². The van der Waals surface area contributed by atoms with Crippen molar-refractivity contribution >= 4 is 17.5 Å². The lowest BCUT2D eigenvalue weighted by Gasteiger charge is -2.17.